The van der Waals surface area contributed by atoms with E-state index >= 15 is 0 Å². The second-order valence-corrected chi connectivity index (χ2v) is 5.37. The van der Waals surface area contributed by atoms with E-state index in [1.165, 1.54) is 0 Å². The summed E-state index contributed by atoms with van der Waals surface area (Å²) in [6.45, 7) is 2.40. The summed E-state index contributed by atoms with van der Waals surface area (Å²) >= 11 is 0. The third kappa shape index (κ3) is 2.32. The molecule has 0 saturated carbocycles. The van der Waals surface area contributed by atoms with Crippen molar-refractivity contribution in [3.8, 4) is 0 Å². The van der Waals surface area contributed by atoms with Crippen LogP contribution in [0.3, 0.4) is 0 Å². The van der Waals surface area contributed by atoms with Gasteiger partial charge in [-0.1, -0.05) is 0 Å². The molecule has 1 atom stereocenters. The highest BCUT2D eigenvalue weighted by molar-refractivity contribution is 7.89. The number of hydrogen-bond donors (Lipinski definition) is 2. The van der Waals surface area contributed by atoms with Crippen LogP contribution in [0.1, 0.15) is 19.3 Å². The maximum atomic E-state index is 11.2. The van der Waals surface area contributed by atoms with E-state index in [1.807, 2.05) is 4.90 Å². The van der Waals surface area contributed by atoms with Crippen LogP contribution in [0.25, 0.3) is 0 Å². The van der Waals surface area contributed by atoms with Gasteiger partial charge in [-0.05, 0) is 31.9 Å². The Balaban J connectivity index is 2.27. The summed E-state index contributed by atoms with van der Waals surface area (Å²) in [5.41, 5.74) is 0. The summed E-state index contributed by atoms with van der Waals surface area (Å²) in [7, 11) is -4.05. The Kier molecular flexibility index (Phi) is 2.99. The van der Waals surface area contributed by atoms with Gasteiger partial charge >= 0.3 is 10.1 Å². The van der Waals surface area contributed by atoms with Crippen molar-refractivity contribution in [2.24, 2.45) is 0 Å². The van der Waals surface area contributed by atoms with Crippen LogP contribution >= 0.6 is 0 Å². The van der Waals surface area contributed by atoms with Gasteiger partial charge in [-0.25, -0.2) is 0 Å². The molecule has 0 aromatic carbocycles. The largest absolute Gasteiger partial charge is 0.356 e. The summed E-state index contributed by atoms with van der Waals surface area (Å²) in [5.74, 6) is 0. The summed E-state index contributed by atoms with van der Waals surface area (Å²) in [6, 6.07) is 0.203. The van der Waals surface area contributed by atoms with Crippen LogP contribution in [0.4, 0.5) is 0 Å². The first-order chi connectivity index (χ1) is 7.09. The topological polar surface area (TPSA) is 69.6 Å². The molecule has 0 aliphatic carbocycles. The van der Waals surface area contributed by atoms with Crippen LogP contribution in [-0.4, -0.2) is 43.5 Å². The lowest BCUT2D eigenvalue weighted by molar-refractivity contribution is 0.250. The molecule has 2 heterocycles. The molecule has 0 spiro atoms. The number of hydrogen-bond acceptors (Lipinski definition) is 4. The molecular weight excluding hydrogens is 216 g/mol. The molecule has 0 aromatic heterocycles. The number of fused-ring (bicyclic) bond motifs is 1. The molecule has 2 aliphatic rings. The number of nitrogens with zero attached hydrogens (tertiary/aromatic N) is 1. The lowest BCUT2D eigenvalue weighted by Crippen LogP contribution is -2.42. The van der Waals surface area contributed by atoms with Gasteiger partial charge in [0.15, 0.2) is 5.03 Å². The molecule has 2 rings (SSSR count). The molecule has 1 saturated heterocycles. The number of rotatable bonds is 1. The van der Waals surface area contributed by atoms with E-state index in [1.54, 1.807) is 6.08 Å². The summed E-state index contributed by atoms with van der Waals surface area (Å²) in [4.78, 5) is 1.82. The minimum absolute atomic E-state index is 0.0995. The maximum Gasteiger partial charge on any atom is 0.309 e. The molecule has 0 bridgehead atoms. The molecule has 0 amide bonds. The van der Waals surface area contributed by atoms with Crippen molar-refractivity contribution in [1.82, 2.24) is 10.2 Å². The van der Waals surface area contributed by atoms with E-state index < -0.39 is 10.1 Å². The zero-order valence-corrected chi connectivity index (χ0v) is 9.33. The van der Waals surface area contributed by atoms with E-state index in [0.29, 0.717) is 6.54 Å². The zero-order chi connectivity index (χ0) is 10.9. The van der Waals surface area contributed by atoms with Crippen molar-refractivity contribution in [2.45, 2.75) is 25.3 Å². The van der Waals surface area contributed by atoms with Crippen molar-refractivity contribution in [3.63, 3.8) is 0 Å². The quantitative estimate of drug-likeness (QED) is 0.631. The van der Waals surface area contributed by atoms with Gasteiger partial charge in [0.2, 0.25) is 0 Å². The van der Waals surface area contributed by atoms with Crippen LogP contribution in [-0.2, 0) is 10.1 Å². The first-order valence-corrected chi connectivity index (χ1v) is 6.68. The SMILES string of the molecule is O=S(=O)(O)C1=CCCC2CNCCCN12. The average Bonchev–Trinajstić information content (AvgIpc) is 2.39. The monoisotopic (exact) mass is 232 g/mol. The number of allylic oxidation sites excluding steroid dienone is 1. The molecule has 6 heteroatoms. The minimum Gasteiger partial charge on any atom is -0.356 e. The van der Waals surface area contributed by atoms with Gasteiger partial charge in [-0.15, -0.1) is 0 Å². The molecule has 0 aromatic rings. The second kappa shape index (κ2) is 4.11. The smallest absolute Gasteiger partial charge is 0.309 e. The van der Waals surface area contributed by atoms with Crippen molar-refractivity contribution in [3.05, 3.63) is 11.1 Å². The van der Waals surface area contributed by atoms with Crippen LogP contribution in [0.5, 0.6) is 0 Å². The lowest BCUT2D eigenvalue weighted by atomic mass is 10.1. The van der Waals surface area contributed by atoms with Crippen molar-refractivity contribution >= 4 is 10.1 Å². The summed E-state index contributed by atoms with van der Waals surface area (Å²) in [5, 5.41) is 3.37. The molecule has 15 heavy (non-hydrogen) atoms. The van der Waals surface area contributed by atoms with Gasteiger partial charge in [-0.3, -0.25) is 4.55 Å². The Morgan fingerprint density at radius 1 is 1.53 bits per heavy atom. The first-order valence-electron chi connectivity index (χ1n) is 5.24. The Hall–Kier alpha value is -0.590. The van der Waals surface area contributed by atoms with Crippen LogP contribution in [0.2, 0.25) is 0 Å². The second-order valence-electron chi connectivity index (χ2n) is 4.00. The van der Waals surface area contributed by atoms with Gasteiger partial charge in [0.25, 0.3) is 0 Å². The Morgan fingerprint density at radius 3 is 3.07 bits per heavy atom. The molecule has 1 unspecified atom stereocenters. The first kappa shape index (κ1) is 10.9. The normalized spacial score (nSPS) is 27.9. The van der Waals surface area contributed by atoms with Gasteiger partial charge in [0, 0.05) is 19.1 Å². The predicted molar refractivity (Wildman–Crippen MR) is 56.8 cm³/mol. The van der Waals surface area contributed by atoms with Crippen molar-refractivity contribution in [2.75, 3.05) is 19.6 Å². The fraction of sp³-hybridized carbons (Fsp3) is 0.778. The molecule has 2 aliphatic heterocycles. The van der Waals surface area contributed by atoms with Gasteiger partial charge in [0.05, 0.1) is 0 Å². The lowest BCUT2D eigenvalue weighted by Gasteiger charge is -2.35. The molecule has 2 N–H and O–H groups in total. The molecule has 86 valence electrons. The zero-order valence-electron chi connectivity index (χ0n) is 8.52. The minimum atomic E-state index is -4.05. The molecule has 1 fully saturated rings. The maximum absolute atomic E-state index is 11.2. The summed E-state index contributed by atoms with van der Waals surface area (Å²) in [6.07, 6.45) is 4.20. The molecule has 0 radical (unpaired) electrons. The summed E-state index contributed by atoms with van der Waals surface area (Å²) < 4.78 is 31.5. The van der Waals surface area contributed by atoms with E-state index in [-0.39, 0.29) is 11.1 Å². The fourth-order valence-corrected chi connectivity index (χ4v) is 3.12. The van der Waals surface area contributed by atoms with Crippen LogP contribution in [0, 0.1) is 0 Å². The standard InChI is InChI=1S/C9H16N2O3S/c12-15(13,14)9-4-1-3-8-7-10-5-2-6-11(8)9/h4,8,10H,1-3,5-7H2,(H,12,13,14). The Labute approximate surface area is 89.9 Å². The number of nitrogens with one attached hydrogen (secondary N) is 1. The van der Waals surface area contributed by atoms with E-state index in [2.05, 4.69) is 5.32 Å². The highest BCUT2D eigenvalue weighted by Gasteiger charge is 2.31. The van der Waals surface area contributed by atoms with Crippen molar-refractivity contribution < 1.29 is 13.0 Å². The molecule has 5 nitrogen and oxygen atoms in total. The highest BCUT2D eigenvalue weighted by Crippen LogP contribution is 2.25. The third-order valence-electron chi connectivity index (χ3n) is 2.94. The van der Waals surface area contributed by atoms with E-state index in [4.69, 9.17) is 4.55 Å². The van der Waals surface area contributed by atoms with Crippen molar-refractivity contribution in [1.29, 1.82) is 0 Å². The predicted octanol–water partition coefficient (Wildman–Crippen LogP) is 0.173. The van der Waals surface area contributed by atoms with Gasteiger partial charge < -0.3 is 10.2 Å². The Bertz CT molecular complexity index is 364. The van der Waals surface area contributed by atoms with E-state index in [9.17, 15) is 8.42 Å². The fourth-order valence-electron chi connectivity index (χ4n) is 2.25. The highest BCUT2D eigenvalue weighted by atomic mass is 32.2. The van der Waals surface area contributed by atoms with Crippen LogP contribution in [0.15, 0.2) is 11.1 Å². The average molecular weight is 232 g/mol. The van der Waals surface area contributed by atoms with E-state index in [0.717, 1.165) is 32.4 Å². The molecular formula is C9H16N2O3S. The van der Waals surface area contributed by atoms with Gasteiger partial charge in [-0.2, -0.15) is 8.42 Å². The third-order valence-corrected chi connectivity index (χ3v) is 3.87. The van der Waals surface area contributed by atoms with Gasteiger partial charge in [0.1, 0.15) is 0 Å². The van der Waals surface area contributed by atoms with Crippen LogP contribution < -0.4 is 5.32 Å². The Morgan fingerprint density at radius 2 is 2.33 bits per heavy atom.